The number of amides is 1. The maximum Gasteiger partial charge on any atom is 0.289 e. The molecule has 1 aromatic carbocycles. The van der Waals surface area contributed by atoms with Gasteiger partial charge in [0, 0.05) is 31.5 Å². The van der Waals surface area contributed by atoms with Gasteiger partial charge in [-0.05, 0) is 31.0 Å². The number of hydrogen-bond acceptors (Lipinski definition) is 9. The van der Waals surface area contributed by atoms with E-state index < -0.39 is 0 Å². The first-order chi connectivity index (χ1) is 16.9. The Hall–Kier alpha value is -3.82. The highest BCUT2D eigenvalue weighted by molar-refractivity contribution is 5.96. The molecule has 1 aliphatic carbocycles. The van der Waals surface area contributed by atoms with E-state index in [0.29, 0.717) is 47.3 Å². The summed E-state index contributed by atoms with van der Waals surface area (Å²) in [5.41, 5.74) is 7.02. The molecule has 0 spiro atoms. The van der Waals surface area contributed by atoms with E-state index in [0.717, 1.165) is 25.7 Å². The first kappa shape index (κ1) is 22.9. The molecule has 3 heterocycles. The van der Waals surface area contributed by atoms with E-state index in [1.807, 2.05) is 4.90 Å². The summed E-state index contributed by atoms with van der Waals surface area (Å²) in [7, 11) is 3.15. The predicted molar refractivity (Wildman–Crippen MR) is 130 cm³/mol. The van der Waals surface area contributed by atoms with Crippen molar-refractivity contribution in [1.29, 1.82) is 0 Å². The van der Waals surface area contributed by atoms with Gasteiger partial charge < -0.3 is 29.4 Å². The molecule has 10 heteroatoms. The fourth-order valence-electron chi connectivity index (χ4n) is 5.25. The van der Waals surface area contributed by atoms with Gasteiger partial charge in [-0.25, -0.2) is 4.98 Å². The lowest BCUT2D eigenvalue weighted by atomic mass is 9.86. The molecule has 0 radical (unpaired) electrons. The monoisotopic (exact) mass is 479 g/mol. The molecule has 2 N–H and O–H groups in total. The van der Waals surface area contributed by atoms with Crippen LogP contribution in [0.25, 0.3) is 10.9 Å². The van der Waals surface area contributed by atoms with Crippen LogP contribution >= 0.6 is 0 Å². The number of carbonyl (C=O) groups is 2. The molecule has 1 aliphatic heterocycles. The van der Waals surface area contributed by atoms with Crippen molar-refractivity contribution in [2.45, 2.75) is 44.7 Å². The van der Waals surface area contributed by atoms with Crippen LogP contribution < -0.4 is 20.1 Å². The van der Waals surface area contributed by atoms with E-state index in [1.165, 1.54) is 6.92 Å². The lowest BCUT2D eigenvalue weighted by Gasteiger charge is -2.49. The topological polar surface area (TPSA) is 124 Å². The number of piperazine rings is 1. The first-order valence-corrected chi connectivity index (χ1v) is 11.8. The highest BCUT2D eigenvalue weighted by Crippen LogP contribution is 2.37. The van der Waals surface area contributed by atoms with Gasteiger partial charge >= 0.3 is 0 Å². The number of furan rings is 1. The molecule has 1 saturated carbocycles. The van der Waals surface area contributed by atoms with Crippen molar-refractivity contribution < 1.29 is 23.5 Å². The van der Waals surface area contributed by atoms with Crippen molar-refractivity contribution in [3.8, 4) is 11.5 Å². The molecule has 1 saturated heterocycles. The number of hydrogen-bond donors (Lipinski definition) is 1. The minimum absolute atomic E-state index is 0.0122. The minimum atomic E-state index is -0.204. The number of fused-ring (bicyclic) bond motifs is 2. The Labute approximate surface area is 203 Å². The summed E-state index contributed by atoms with van der Waals surface area (Å²) in [6, 6.07) is 6.77. The summed E-state index contributed by atoms with van der Waals surface area (Å²) < 4.78 is 16.4. The van der Waals surface area contributed by atoms with Crippen LogP contribution in [0.4, 0.5) is 11.8 Å². The van der Waals surface area contributed by atoms with Gasteiger partial charge in [-0.15, -0.1) is 0 Å². The Bertz CT molecular complexity index is 1290. The fourth-order valence-corrected chi connectivity index (χ4v) is 5.25. The molecule has 184 valence electrons. The predicted octanol–water partition coefficient (Wildman–Crippen LogP) is 3.30. The van der Waals surface area contributed by atoms with Crippen LogP contribution in [-0.4, -0.2) is 66.0 Å². The Morgan fingerprint density at radius 2 is 1.69 bits per heavy atom. The molecular formula is C25H29N5O5. The molecule has 2 aliphatic rings. The molecular weight excluding hydrogens is 450 g/mol. The number of nitrogen functional groups attached to an aromatic ring is 1. The highest BCUT2D eigenvalue weighted by Gasteiger charge is 2.42. The molecule has 2 fully saturated rings. The maximum atomic E-state index is 13.3. The summed E-state index contributed by atoms with van der Waals surface area (Å²) in [5, 5.41) is 0.694. The number of methoxy groups -OCH3 is 2. The number of ether oxygens (including phenoxy) is 2. The molecule has 2 aromatic heterocycles. The molecule has 0 bridgehead atoms. The second-order valence-corrected chi connectivity index (χ2v) is 8.96. The number of rotatable bonds is 5. The van der Waals surface area contributed by atoms with Crippen molar-refractivity contribution in [3.63, 3.8) is 0 Å². The number of anilines is 2. The van der Waals surface area contributed by atoms with E-state index in [1.54, 1.807) is 38.5 Å². The Kier molecular flexibility index (Phi) is 5.96. The van der Waals surface area contributed by atoms with Gasteiger partial charge in [-0.3, -0.25) is 9.59 Å². The van der Waals surface area contributed by atoms with Crippen LogP contribution in [0.1, 0.15) is 53.7 Å². The van der Waals surface area contributed by atoms with E-state index in [-0.39, 0.29) is 35.3 Å². The van der Waals surface area contributed by atoms with Gasteiger partial charge in [-0.1, -0.05) is 12.8 Å². The van der Waals surface area contributed by atoms with E-state index in [2.05, 4.69) is 9.88 Å². The average molecular weight is 480 g/mol. The van der Waals surface area contributed by atoms with Gasteiger partial charge in [-0.2, -0.15) is 4.98 Å². The number of nitrogens with two attached hydrogens (primary N) is 1. The number of aromatic nitrogens is 2. The van der Waals surface area contributed by atoms with Crippen molar-refractivity contribution in [1.82, 2.24) is 14.9 Å². The van der Waals surface area contributed by atoms with Crippen molar-refractivity contribution in [2.24, 2.45) is 0 Å². The number of nitrogens with zero attached hydrogens (tertiary/aromatic N) is 4. The summed E-state index contributed by atoms with van der Waals surface area (Å²) in [6.45, 7) is 2.47. The Morgan fingerprint density at radius 1 is 1.00 bits per heavy atom. The van der Waals surface area contributed by atoms with Gasteiger partial charge in [0.1, 0.15) is 5.82 Å². The second kappa shape index (κ2) is 9.09. The summed E-state index contributed by atoms with van der Waals surface area (Å²) in [6.07, 6.45) is 3.89. The molecule has 5 rings (SSSR count). The maximum absolute atomic E-state index is 13.3. The largest absolute Gasteiger partial charge is 0.493 e. The molecule has 10 nitrogen and oxygen atoms in total. The third-order valence-electron chi connectivity index (χ3n) is 6.98. The van der Waals surface area contributed by atoms with Crippen molar-refractivity contribution in [2.75, 3.05) is 37.9 Å². The first-order valence-electron chi connectivity index (χ1n) is 11.8. The minimum Gasteiger partial charge on any atom is -0.493 e. The number of Topliss-reactive ketones (excluding diaryl/α,β-unsaturated/α-hetero) is 1. The fraction of sp³-hybridized carbons (Fsp3) is 0.440. The van der Waals surface area contributed by atoms with Crippen LogP contribution in [0.3, 0.4) is 0 Å². The molecule has 35 heavy (non-hydrogen) atoms. The smallest absolute Gasteiger partial charge is 0.289 e. The molecule has 0 unspecified atom stereocenters. The Balaban J connectivity index is 1.47. The Morgan fingerprint density at radius 3 is 2.37 bits per heavy atom. The standard InChI is InChI=1S/C25H29N5O5/c1-14(31)19-8-9-20(35-19)24(32)29-10-11-30(18-7-5-4-6-17(18)29)25-27-16-13-22(34-3)21(33-2)12-15(16)23(26)28-25/h8-9,12-13,17-18H,4-7,10-11H2,1-3H3,(H2,26,27,28)/t17-,18-/m0/s1. The van der Waals surface area contributed by atoms with Gasteiger partial charge in [0.05, 0.1) is 31.8 Å². The summed E-state index contributed by atoms with van der Waals surface area (Å²) in [5.74, 6) is 2.04. The number of benzene rings is 1. The molecule has 1 amide bonds. The van der Waals surface area contributed by atoms with Gasteiger partial charge in [0.25, 0.3) is 5.91 Å². The number of ketones is 1. The van der Waals surface area contributed by atoms with Gasteiger partial charge in [0.2, 0.25) is 5.95 Å². The third kappa shape index (κ3) is 4.02. The number of carbonyl (C=O) groups excluding carboxylic acids is 2. The zero-order valence-corrected chi connectivity index (χ0v) is 20.1. The lowest BCUT2D eigenvalue weighted by Crippen LogP contribution is -2.62. The van der Waals surface area contributed by atoms with Crippen LogP contribution in [0.2, 0.25) is 0 Å². The van der Waals surface area contributed by atoms with E-state index in [9.17, 15) is 9.59 Å². The van der Waals surface area contributed by atoms with E-state index in [4.69, 9.17) is 24.6 Å². The van der Waals surface area contributed by atoms with E-state index >= 15 is 0 Å². The van der Waals surface area contributed by atoms with Crippen LogP contribution in [0, 0.1) is 0 Å². The normalized spacial score (nSPS) is 20.0. The summed E-state index contributed by atoms with van der Waals surface area (Å²) >= 11 is 0. The highest BCUT2D eigenvalue weighted by atomic mass is 16.5. The third-order valence-corrected chi connectivity index (χ3v) is 6.98. The van der Waals surface area contributed by atoms with Crippen molar-refractivity contribution >= 4 is 34.4 Å². The van der Waals surface area contributed by atoms with Crippen LogP contribution in [0.5, 0.6) is 11.5 Å². The molecule has 3 aromatic rings. The van der Waals surface area contributed by atoms with Crippen LogP contribution in [-0.2, 0) is 0 Å². The zero-order chi connectivity index (χ0) is 24.7. The summed E-state index contributed by atoms with van der Waals surface area (Å²) in [4.78, 5) is 38.4. The zero-order valence-electron chi connectivity index (χ0n) is 20.1. The molecule has 2 atom stereocenters. The van der Waals surface area contributed by atoms with Crippen molar-refractivity contribution in [3.05, 3.63) is 35.8 Å². The average Bonchev–Trinajstić information content (AvgIpc) is 3.37. The van der Waals surface area contributed by atoms with Crippen LogP contribution in [0.15, 0.2) is 28.7 Å². The van der Waals surface area contributed by atoms with Gasteiger partial charge in [0.15, 0.2) is 28.8 Å². The lowest BCUT2D eigenvalue weighted by molar-refractivity contribution is 0.0507. The quantitative estimate of drug-likeness (QED) is 0.549. The second-order valence-electron chi connectivity index (χ2n) is 8.96. The SMILES string of the molecule is COc1cc2nc(N3CCN(C(=O)c4ccc(C(C)=O)o4)[C@H]4CCCC[C@@H]43)nc(N)c2cc1OC.